The molecule has 1 fully saturated rings. The summed E-state index contributed by atoms with van der Waals surface area (Å²) < 4.78 is 0. The summed E-state index contributed by atoms with van der Waals surface area (Å²) in [6.07, 6.45) is 4.44. The van der Waals surface area contributed by atoms with Gasteiger partial charge in [0.1, 0.15) is 5.69 Å². The Hall–Kier alpha value is -3.09. The predicted octanol–water partition coefficient (Wildman–Crippen LogP) is 0.563. The van der Waals surface area contributed by atoms with Crippen molar-refractivity contribution in [3.63, 3.8) is 0 Å². The lowest BCUT2D eigenvalue weighted by Gasteiger charge is -2.44. The van der Waals surface area contributed by atoms with Crippen LogP contribution in [-0.2, 0) is 4.79 Å². The van der Waals surface area contributed by atoms with Crippen molar-refractivity contribution in [2.45, 2.75) is 6.04 Å². The molecule has 0 aliphatic carbocycles. The summed E-state index contributed by atoms with van der Waals surface area (Å²) in [5.74, 6) is -0.106. The van der Waals surface area contributed by atoms with Crippen molar-refractivity contribution < 1.29 is 4.79 Å². The molecule has 0 spiro atoms. The first-order valence-electron chi connectivity index (χ1n) is 7.55. The fraction of sp³-hybridized carbons (Fsp3) is 0.235. The van der Waals surface area contributed by atoms with Gasteiger partial charge in [-0.05, 0) is 23.8 Å². The summed E-state index contributed by atoms with van der Waals surface area (Å²) in [6.45, 7) is 4.57. The number of carbonyl (C=O) groups excluding carboxylic acids is 1. The number of H-pyrrole nitrogens is 2. The number of nitrogens with zero attached hydrogens (tertiary/aromatic N) is 2. The second-order valence-electron chi connectivity index (χ2n) is 5.76. The van der Waals surface area contributed by atoms with Gasteiger partial charge in [-0.2, -0.15) is 0 Å². The van der Waals surface area contributed by atoms with Crippen LogP contribution < -0.4 is 16.0 Å². The molecule has 0 aromatic carbocycles. The highest BCUT2D eigenvalue weighted by Gasteiger charge is 2.33. The van der Waals surface area contributed by atoms with E-state index in [1.54, 1.807) is 29.4 Å². The molecular formula is C17H18N4O3. The van der Waals surface area contributed by atoms with E-state index in [1.807, 2.05) is 11.9 Å². The molecule has 2 N–H and O–H groups in total. The first-order chi connectivity index (χ1) is 11.5. The third-order valence-electron chi connectivity index (χ3n) is 4.27. The minimum absolute atomic E-state index is 0.0735. The first kappa shape index (κ1) is 15.8. The zero-order valence-corrected chi connectivity index (χ0v) is 13.3. The van der Waals surface area contributed by atoms with Crippen molar-refractivity contribution in [3.05, 3.63) is 64.0 Å². The average molecular weight is 326 g/mol. The molecule has 1 aliphatic rings. The van der Waals surface area contributed by atoms with Crippen molar-refractivity contribution in [1.82, 2.24) is 14.9 Å². The summed E-state index contributed by atoms with van der Waals surface area (Å²) >= 11 is 0. The van der Waals surface area contributed by atoms with Crippen LogP contribution in [0.4, 0.5) is 5.69 Å². The zero-order chi connectivity index (χ0) is 17.3. The molecule has 7 nitrogen and oxygen atoms in total. The molecule has 124 valence electrons. The van der Waals surface area contributed by atoms with Gasteiger partial charge in [0.15, 0.2) is 0 Å². The number of hydrogen-bond donors (Lipinski definition) is 2. The topological polar surface area (TPSA) is 89.3 Å². The smallest absolute Gasteiger partial charge is 0.271 e. The first-order valence-corrected chi connectivity index (χ1v) is 7.55. The summed E-state index contributed by atoms with van der Waals surface area (Å²) in [5, 5.41) is 0. The van der Waals surface area contributed by atoms with E-state index in [9.17, 15) is 14.4 Å². The molecule has 7 heteroatoms. The molecular weight excluding hydrogens is 308 g/mol. The van der Waals surface area contributed by atoms with Crippen molar-refractivity contribution in [2.24, 2.45) is 0 Å². The summed E-state index contributed by atoms with van der Waals surface area (Å²) in [4.78, 5) is 44.0. The number of aromatic amines is 2. The van der Waals surface area contributed by atoms with E-state index in [2.05, 4.69) is 16.5 Å². The van der Waals surface area contributed by atoms with Gasteiger partial charge in [0.25, 0.3) is 5.56 Å². The molecule has 1 amide bonds. The van der Waals surface area contributed by atoms with Crippen LogP contribution in [0.3, 0.4) is 0 Å². The summed E-state index contributed by atoms with van der Waals surface area (Å²) in [7, 11) is 1.83. The number of rotatable bonds is 4. The fourth-order valence-corrected chi connectivity index (χ4v) is 2.73. The van der Waals surface area contributed by atoms with E-state index in [0.29, 0.717) is 18.8 Å². The fourth-order valence-electron chi connectivity index (χ4n) is 2.73. The molecule has 1 aliphatic heterocycles. The van der Waals surface area contributed by atoms with E-state index < -0.39 is 0 Å². The molecule has 3 rings (SSSR count). The third-order valence-corrected chi connectivity index (χ3v) is 4.27. The lowest BCUT2D eigenvalue weighted by atomic mass is 10.1. The molecule has 0 saturated carbocycles. The molecule has 3 heterocycles. The molecule has 1 saturated heterocycles. The van der Waals surface area contributed by atoms with E-state index in [0.717, 1.165) is 11.1 Å². The Bertz CT molecular complexity index is 893. The van der Waals surface area contributed by atoms with Gasteiger partial charge in [-0.25, -0.2) is 0 Å². The standard InChI is InChI=1S/C17H18N4O3/c1-3-16(23)21-9-13(10-21)20(2)14-6-12(8-19-17(14)24)11-4-5-18-15(22)7-11/h3-8,13H,1,9-10H2,2H3,(H,18,22)(H,19,24). The Morgan fingerprint density at radius 1 is 1.29 bits per heavy atom. The second-order valence-corrected chi connectivity index (χ2v) is 5.76. The number of carbonyl (C=O) groups is 1. The van der Waals surface area contributed by atoms with Gasteiger partial charge in [-0.1, -0.05) is 6.58 Å². The van der Waals surface area contributed by atoms with E-state index >= 15 is 0 Å². The maximum atomic E-state index is 12.2. The van der Waals surface area contributed by atoms with Crippen molar-refractivity contribution in [1.29, 1.82) is 0 Å². The Kier molecular flexibility index (Phi) is 4.07. The minimum Gasteiger partial charge on any atom is -0.364 e. The molecule has 0 radical (unpaired) electrons. The number of pyridine rings is 2. The predicted molar refractivity (Wildman–Crippen MR) is 92.1 cm³/mol. The lowest BCUT2D eigenvalue weighted by molar-refractivity contribution is -0.130. The van der Waals surface area contributed by atoms with Crippen LogP contribution >= 0.6 is 0 Å². The van der Waals surface area contributed by atoms with E-state index in [4.69, 9.17) is 0 Å². The Morgan fingerprint density at radius 2 is 2.04 bits per heavy atom. The maximum Gasteiger partial charge on any atom is 0.271 e. The highest BCUT2D eigenvalue weighted by molar-refractivity contribution is 5.87. The molecule has 2 aromatic heterocycles. The zero-order valence-electron chi connectivity index (χ0n) is 13.3. The van der Waals surface area contributed by atoms with Gasteiger partial charge >= 0.3 is 0 Å². The summed E-state index contributed by atoms with van der Waals surface area (Å²) in [5.41, 5.74) is 1.57. The average Bonchev–Trinajstić information content (AvgIpc) is 2.53. The number of anilines is 1. The third kappa shape index (κ3) is 2.88. The molecule has 0 atom stereocenters. The number of amides is 1. The van der Waals surface area contributed by atoms with Gasteiger partial charge in [0.2, 0.25) is 11.5 Å². The Labute approximate surface area is 138 Å². The molecule has 24 heavy (non-hydrogen) atoms. The van der Waals surface area contributed by atoms with Crippen LogP contribution in [-0.4, -0.2) is 47.0 Å². The number of likely N-dealkylation sites (N-methyl/N-ethyl adjacent to an activating group) is 1. The molecule has 0 bridgehead atoms. The summed E-state index contributed by atoms with van der Waals surface area (Å²) in [6, 6.07) is 5.08. The highest BCUT2D eigenvalue weighted by Crippen LogP contribution is 2.23. The van der Waals surface area contributed by atoms with Crippen LogP contribution in [0.5, 0.6) is 0 Å². The molecule has 2 aromatic rings. The second kappa shape index (κ2) is 6.19. The van der Waals surface area contributed by atoms with Crippen molar-refractivity contribution in [2.75, 3.05) is 25.0 Å². The van der Waals surface area contributed by atoms with Crippen molar-refractivity contribution >= 4 is 11.6 Å². The van der Waals surface area contributed by atoms with Crippen LogP contribution in [0.25, 0.3) is 11.1 Å². The van der Waals surface area contributed by atoms with Gasteiger partial charge < -0.3 is 19.8 Å². The largest absolute Gasteiger partial charge is 0.364 e. The van der Waals surface area contributed by atoms with Crippen LogP contribution in [0, 0.1) is 0 Å². The Balaban J connectivity index is 1.85. The maximum absolute atomic E-state index is 12.2. The van der Waals surface area contributed by atoms with Gasteiger partial charge in [-0.3, -0.25) is 14.4 Å². The number of aromatic nitrogens is 2. The van der Waals surface area contributed by atoms with Gasteiger partial charge in [0, 0.05) is 44.2 Å². The quantitative estimate of drug-likeness (QED) is 0.804. The SMILES string of the molecule is C=CC(=O)N1CC(N(C)c2cc(-c3cc[nH]c(=O)c3)c[nH]c2=O)C1. The van der Waals surface area contributed by atoms with Crippen LogP contribution in [0.2, 0.25) is 0 Å². The number of nitrogens with one attached hydrogen (secondary N) is 2. The van der Waals surface area contributed by atoms with Crippen LogP contribution in [0.15, 0.2) is 52.8 Å². The number of hydrogen-bond acceptors (Lipinski definition) is 4. The highest BCUT2D eigenvalue weighted by atomic mass is 16.2. The van der Waals surface area contributed by atoms with Gasteiger partial charge in [0.05, 0.1) is 6.04 Å². The Morgan fingerprint density at radius 3 is 2.71 bits per heavy atom. The van der Waals surface area contributed by atoms with Gasteiger partial charge in [-0.15, -0.1) is 0 Å². The van der Waals surface area contributed by atoms with Crippen molar-refractivity contribution in [3.8, 4) is 11.1 Å². The molecule has 0 unspecified atom stereocenters. The van der Waals surface area contributed by atoms with Crippen LogP contribution in [0.1, 0.15) is 0 Å². The normalized spacial score (nSPS) is 14.1. The minimum atomic E-state index is -0.209. The lowest BCUT2D eigenvalue weighted by Crippen LogP contribution is -2.60. The monoisotopic (exact) mass is 326 g/mol. The number of likely N-dealkylation sites (tertiary alicyclic amines) is 1. The van der Waals surface area contributed by atoms with E-state index in [-0.39, 0.29) is 23.1 Å². The van der Waals surface area contributed by atoms with E-state index in [1.165, 1.54) is 12.1 Å².